The number of carbonyl (C=O) groups is 1. The molecule has 3 rings (SSSR count). The molecule has 8 heteroatoms. The molecule has 2 aromatic rings. The summed E-state index contributed by atoms with van der Waals surface area (Å²) in [6.07, 6.45) is 5.86. The number of halogens is 1. The number of imidazole rings is 1. The lowest BCUT2D eigenvalue weighted by atomic mass is 10.1. The summed E-state index contributed by atoms with van der Waals surface area (Å²) < 4.78 is 21.0. The summed E-state index contributed by atoms with van der Waals surface area (Å²) >= 11 is 0. The number of hydrogen-bond acceptors (Lipinski definition) is 5. The van der Waals surface area contributed by atoms with Gasteiger partial charge in [0, 0.05) is 18.8 Å². The largest absolute Gasteiger partial charge is 0.444 e. The summed E-state index contributed by atoms with van der Waals surface area (Å²) in [4.78, 5) is 22.4. The van der Waals surface area contributed by atoms with Gasteiger partial charge in [-0.2, -0.15) is 0 Å². The van der Waals surface area contributed by atoms with Crippen molar-refractivity contribution < 1.29 is 13.9 Å². The molecule has 0 spiro atoms. The number of anilines is 1. The van der Waals surface area contributed by atoms with Crippen molar-refractivity contribution in [1.82, 2.24) is 19.4 Å². The maximum Gasteiger partial charge on any atom is 0.410 e. The standard InChI is InChI=1S/C17H22FN5O2/c1-17(2,3)25-16(24)23-6-4-5-14(23)13-9-22(10-21-13)15-12(18)7-11(19)8-20-15/h7-10,14H,4-6,19H2,1-3H3. The molecular formula is C17H22FN5O2. The highest BCUT2D eigenvalue weighted by molar-refractivity contribution is 5.69. The van der Waals surface area contributed by atoms with Gasteiger partial charge in [-0.15, -0.1) is 0 Å². The molecule has 2 aromatic heterocycles. The van der Waals surface area contributed by atoms with E-state index in [-0.39, 0.29) is 23.6 Å². The van der Waals surface area contributed by atoms with Crippen LogP contribution in [0.4, 0.5) is 14.9 Å². The zero-order chi connectivity index (χ0) is 18.2. The summed E-state index contributed by atoms with van der Waals surface area (Å²) in [6, 6.07) is 1.03. The van der Waals surface area contributed by atoms with Crippen molar-refractivity contribution in [1.29, 1.82) is 0 Å². The van der Waals surface area contributed by atoms with E-state index in [4.69, 9.17) is 10.5 Å². The van der Waals surface area contributed by atoms with Crippen molar-refractivity contribution in [2.24, 2.45) is 0 Å². The number of nitrogens with two attached hydrogens (primary N) is 1. The minimum Gasteiger partial charge on any atom is -0.444 e. The second-order valence-corrected chi connectivity index (χ2v) is 7.11. The third-order valence-corrected chi connectivity index (χ3v) is 3.91. The lowest BCUT2D eigenvalue weighted by Gasteiger charge is -2.27. The first-order chi connectivity index (χ1) is 11.7. The van der Waals surface area contributed by atoms with Gasteiger partial charge in [0.05, 0.1) is 23.6 Å². The van der Waals surface area contributed by atoms with Gasteiger partial charge in [-0.3, -0.25) is 9.47 Å². The molecule has 0 saturated carbocycles. The number of likely N-dealkylation sites (tertiary alicyclic amines) is 1. The normalized spacial score (nSPS) is 17.8. The van der Waals surface area contributed by atoms with Crippen LogP contribution in [0.3, 0.4) is 0 Å². The highest BCUT2D eigenvalue weighted by atomic mass is 19.1. The Hall–Kier alpha value is -2.64. The number of rotatable bonds is 2. The van der Waals surface area contributed by atoms with E-state index in [1.165, 1.54) is 23.2 Å². The molecule has 1 saturated heterocycles. The molecule has 2 N–H and O–H groups in total. The SMILES string of the molecule is CC(C)(C)OC(=O)N1CCCC1c1cn(-c2ncc(N)cc2F)cn1. The van der Waals surface area contributed by atoms with Crippen LogP contribution in [0.15, 0.2) is 24.8 Å². The van der Waals surface area contributed by atoms with E-state index in [9.17, 15) is 9.18 Å². The average Bonchev–Trinajstić information content (AvgIpc) is 3.14. The predicted molar refractivity (Wildman–Crippen MR) is 90.6 cm³/mol. The van der Waals surface area contributed by atoms with Gasteiger partial charge in [0.1, 0.15) is 11.9 Å². The fraction of sp³-hybridized carbons (Fsp3) is 0.471. The maximum atomic E-state index is 14.0. The molecule has 1 unspecified atom stereocenters. The van der Waals surface area contributed by atoms with Crippen molar-refractivity contribution in [2.45, 2.75) is 45.3 Å². The lowest BCUT2D eigenvalue weighted by Crippen LogP contribution is -2.36. The van der Waals surface area contributed by atoms with Crippen molar-refractivity contribution >= 4 is 11.8 Å². The summed E-state index contributed by atoms with van der Waals surface area (Å²) in [5.74, 6) is -0.408. The maximum absolute atomic E-state index is 14.0. The van der Waals surface area contributed by atoms with E-state index in [0.29, 0.717) is 12.2 Å². The second kappa shape index (κ2) is 6.34. The highest BCUT2D eigenvalue weighted by Crippen LogP contribution is 2.32. The molecule has 0 radical (unpaired) electrons. The molecule has 1 aliphatic rings. The first-order valence-corrected chi connectivity index (χ1v) is 8.19. The highest BCUT2D eigenvalue weighted by Gasteiger charge is 2.34. The van der Waals surface area contributed by atoms with Gasteiger partial charge in [-0.1, -0.05) is 0 Å². The number of ether oxygens (including phenoxy) is 1. The van der Waals surface area contributed by atoms with E-state index in [2.05, 4.69) is 9.97 Å². The third-order valence-electron chi connectivity index (χ3n) is 3.91. The van der Waals surface area contributed by atoms with Crippen LogP contribution in [0.1, 0.15) is 45.3 Å². The topological polar surface area (TPSA) is 86.3 Å². The molecule has 0 bridgehead atoms. The molecule has 1 atom stereocenters. The van der Waals surface area contributed by atoms with Crippen molar-refractivity contribution in [3.63, 3.8) is 0 Å². The van der Waals surface area contributed by atoms with Gasteiger partial charge in [0.25, 0.3) is 0 Å². The monoisotopic (exact) mass is 347 g/mol. The molecule has 0 aliphatic carbocycles. The smallest absolute Gasteiger partial charge is 0.410 e. The van der Waals surface area contributed by atoms with Crippen molar-refractivity contribution in [3.8, 4) is 5.82 Å². The van der Waals surface area contributed by atoms with E-state index in [1.54, 1.807) is 11.1 Å². The molecule has 3 heterocycles. The second-order valence-electron chi connectivity index (χ2n) is 7.11. The minimum atomic E-state index is -0.555. The number of carbonyl (C=O) groups excluding carboxylic acids is 1. The minimum absolute atomic E-state index is 0.120. The molecule has 1 aliphatic heterocycles. The molecule has 1 fully saturated rings. The molecular weight excluding hydrogens is 325 g/mol. The van der Waals surface area contributed by atoms with Crippen LogP contribution < -0.4 is 5.73 Å². The molecule has 1 amide bonds. The van der Waals surface area contributed by atoms with E-state index < -0.39 is 11.4 Å². The Morgan fingerprint density at radius 1 is 1.40 bits per heavy atom. The molecule has 134 valence electrons. The van der Waals surface area contributed by atoms with Crippen LogP contribution in [0.5, 0.6) is 0 Å². The van der Waals surface area contributed by atoms with Crippen LogP contribution in [-0.4, -0.2) is 37.7 Å². The number of nitrogen functional groups attached to an aromatic ring is 1. The Bertz CT molecular complexity index is 784. The number of amides is 1. The van der Waals surface area contributed by atoms with Gasteiger partial charge < -0.3 is 10.5 Å². The number of nitrogens with zero attached hydrogens (tertiary/aromatic N) is 4. The molecule has 7 nitrogen and oxygen atoms in total. The Balaban J connectivity index is 1.82. The molecule has 25 heavy (non-hydrogen) atoms. The van der Waals surface area contributed by atoms with Crippen LogP contribution >= 0.6 is 0 Å². The predicted octanol–water partition coefficient (Wildman–Crippen LogP) is 3.06. The zero-order valence-electron chi connectivity index (χ0n) is 14.6. The van der Waals surface area contributed by atoms with Gasteiger partial charge in [0.2, 0.25) is 0 Å². The average molecular weight is 347 g/mol. The van der Waals surface area contributed by atoms with Gasteiger partial charge >= 0.3 is 6.09 Å². The number of pyridine rings is 1. The number of aromatic nitrogens is 3. The summed E-state index contributed by atoms with van der Waals surface area (Å²) in [6.45, 7) is 6.11. The summed E-state index contributed by atoms with van der Waals surface area (Å²) in [5, 5.41) is 0. The van der Waals surface area contributed by atoms with Crippen LogP contribution in [0.25, 0.3) is 5.82 Å². The zero-order valence-corrected chi connectivity index (χ0v) is 14.6. The van der Waals surface area contributed by atoms with E-state index >= 15 is 0 Å². The van der Waals surface area contributed by atoms with E-state index in [1.807, 2.05) is 20.8 Å². The summed E-state index contributed by atoms with van der Waals surface area (Å²) in [5.41, 5.74) is 5.91. The van der Waals surface area contributed by atoms with Crippen LogP contribution in [0.2, 0.25) is 0 Å². The van der Waals surface area contributed by atoms with Gasteiger partial charge in [-0.05, 0) is 33.6 Å². The fourth-order valence-corrected chi connectivity index (χ4v) is 2.87. The van der Waals surface area contributed by atoms with Gasteiger partial charge in [0.15, 0.2) is 11.6 Å². The Morgan fingerprint density at radius 2 is 2.16 bits per heavy atom. The van der Waals surface area contributed by atoms with Crippen LogP contribution in [0, 0.1) is 5.82 Å². The quantitative estimate of drug-likeness (QED) is 0.902. The van der Waals surface area contributed by atoms with Crippen LogP contribution in [-0.2, 0) is 4.74 Å². The van der Waals surface area contributed by atoms with E-state index in [0.717, 1.165) is 12.8 Å². The Morgan fingerprint density at radius 3 is 2.84 bits per heavy atom. The summed E-state index contributed by atoms with van der Waals surface area (Å²) in [7, 11) is 0. The lowest BCUT2D eigenvalue weighted by molar-refractivity contribution is 0.0221. The fourth-order valence-electron chi connectivity index (χ4n) is 2.87. The first kappa shape index (κ1) is 17.2. The number of hydrogen-bond donors (Lipinski definition) is 1. The first-order valence-electron chi connectivity index (χ1n) is 8.19. The molecule has 0 aromatic carbocycles. The Labute approximate surface area is 145 Å². The third kappa shape index (κ3) is 3.72. The van der Waals surface area contributed by atoms with Crippen molar-refractivity contribution in [2.75, 3.05) is 12.3 Å². The Kier molecular flexibility index (Phi) is 4.36. The van der Waals surface area contributed by atoms with Gasteiger partial charge in [-0.25, -0.2) is 19.2 Å². The van der Waals surface area contributed by atoms with Crippen molar-refractivity contribution in [3.05, 3.63) is 36.3 Å².